The topological polar surface area (TPSA) is 133 Å². The van der Waals surface area contributed by atoms with Crippen LogP contribution < -0.4 is 16.4 Å². The number of aliphatic hydroxyl groups is 1. The second-order valence-electron chi connectivity index (χ2n) is 6.97. The van der Waals surface area contributed by atoms with Crippen molar-refractivity contribution in [2.24, 2.45) is 5.73 Å². The van der Waals surface area contributed by atoms with Crippen LogP contribution >= 0.6 is 0 Å². The van der Waals surface area contributed by atoms with Gasteiger partial charge < -0.3 is 26.4 Å². The third kappa shape index (κ3) is 5.40. The van der Waals surface area contributed by atoms with E-state index in [2.05, 4.69) is 20.6 Å². The fraction of sp³-hybridized carbons (Fsp3) is 0.368. The number of para-hydroxylation sites is 1. The SMILES string of the molecule is NC(=O)c1ccccc1Nc1nc(NC2CCCN(C(=O)CO)C2)ncc1C(F)(F)F. The number of likely N-dealkylation sites (tertiary alicyclic amines) is 1. The summed E-state index contributed by atoms with van der Waals surface area (Å²) < 4.78 is 40.4. The van der Waals surface area contributed by atoms with Gasteiger partial charge in [-0.25, -0.2) is 4.98 Å². The number of halogens is 3. The molecule has 2 heterocycles. The van der Waals surface area contributed by atoms with Crippen molar-refractivity contribution in [1.82, 2.24) is 14.9 Å². The standard InChI is InChI=1S/C19H21F3N6O3/c20-19(21,22)13-8-24-18(25-11-4-3-7-28(9-11)15(30)10-29)27-17(13)26-14-6-2-1-5-12(14)16(23)31/h1-2,5-6,8,11,29H,3-4,7,9-10H2,(H2,23,31)(H2,24,25,26,27). The lowest BCUT2D eigenvalue weighted by Crippen LogP contribution is -2.46. The van der Waals surface area contributed by atoms with E-state index >= 15 is 0 Å². The molecule has 0 aliphatic carbocycles. The molecule has 12 heteroatoms. The minimum Gasteiger partial charge on any atom is -0.387 e. The van der Waals surface area contributed by atoms with Crippen molar-refractivity contribution in [1.29, 1.82) is 0 Å². The molecular formula is C19H21F3N6O3. The Morgan fingerprint density at radius 2 is 2.03 bits per heavy atom. The molecule has 9 nitrogen and oxygen atoms in total. The van der Waals surface area contributed by atoms with Crippen molar-refractivity contribution in [2.75, 3.05) is 30.3 Å². The molecular weight excluding hydrogens is 417 g/mol. The van der Waals surface area contributed by atoms with Crippen molar-refractivity contribution in [3.8, 4) is 0 Å². The maximum Gasteiger partial charge on any atom is 0.421 e. The number of nitrogens with two attached hydrogens (primary N) is 1. The van der Waals surface area contributed by atoms with E-state index in [1.165, 1.54) is 29.2 Å². The lowest BCUT2D eigenvalue weighted by molar-refractivity contribution is -0.137. The fourth-order valence-corrected chi connectivity index (χ4v) is 3.29. The first-order valence-corrected chi connectivity index (χ1v) is 9.44. The molecule has 2 aromatic rings. The van der Waals surface area contributed by atoms with Gasteiger partial charge in [-0.05, 0) is 25.0 Å². The highest BCUT2D eigenvalue weighted by Gasteiger charge is 2.36. The number of hydrogen-bond donors (Lipinski definition) is 4. The molecule has 1 aromatic heterocycles. The molecule has 1 aromatic carbocycles. The number of aromatic nitrogens is 2. The number of alkyl halides is 3. The van der Waals surface area contributed by atoms with Crippen LogP contribution in [-0.4, -0.2) is 57.5 Å². The Bertz CT molecular complexity index is 969. The third-order valence-electron chi connectivity index (χ3n) is 4.78. The highest BCUT2D eigenvalue weighted by Crippen LogP contribution is 2.35. The molecule has 1 fully saturated rings. The molecule has 0 bridgehead atoms. The molecule has 3 rings (SSSR count). The van der Waals surface area contributed by atoms with Crippen LogP contribution in [0.1, 0.15) is 28.8 Å². The Morgan fingerprint density at radius 3 is 2.71 bits per heavy atom. The van der Waals surface area contributed by atoms with Gasteiger partial charge in [0.2, 0.25) is 11.9 Å². The Morgan fingerprint density at radius 1 is 1.29 bits per heavy atom. The Hall–Kier alpha value is -3.41. The summed E-state index contributed by atoms with van der Waals surface area (Å²) in [5.74, 6) is -1.85. The van der Waals surface area contributed by atoms with Gasteiger partial charge in [-0.3, -0.25) is 9.59 Å². The number of aliphatic hydroxyl groups excluding tert-OH is 1. The van der Waals surface area contributed by atoms with Crippen molar-refractivity contribution in [3.63, 3.8) is 0 Å². The average Bonchev–Trinajstić information content (AvgIpc) is 2.73. The summed E-state index contributed by atoms with van der Waals surface area (Å²) in [6.45, 7) is 0.135. The summed E-state index contributed by atoms with van der Waals surface area (Å²) in [6, 6.07) is 5.57. The van der Waals surface area contributed by atoms with Gasteiger partial charge in [0.05, 0.1) is 11.3 Å². The number of anilines is 3. The number of benzene rings is 1. The highest BCUT2D eigenvalue weighted by atomic mass is 19.4. The van der Waals surface area contributed by atoms with Crippen molar-refractivity contribution >= 4 is 29.3 Å². The van der Waals surface area contributed by atoms with Crippen molar-refractivity contribution < 1.29 is 27.9 Å². The summed E-state index contributed by atoms with van der Waals surface area (Å²) >= 11 is 0. The van der Waals surface area contributed by atoms with E-state index in [4.69, 9.17) is 10.8 Å². The molecule has 166 valence electrons. The summed E-state index contributed by atoms with van der Waals surface area (Å²) in [7, 11) is 0. The number of primary amides is 1. The number of nitrogens with zero attached hydrogens (tertiary/aromatic N) is 3. The fourth-order valence-electron chi connectivity index (χ4n) is 3.29. The van der Waals surface area contributed by atoms with E-state index in [1.54, 1.807) is 0 Å². The van der Waals surface area contributed by atoms with Gasteiger partial charge in [-0.2, -0.15) is 18.2 Å². The minimum absolute atomic E-state index is 0.00850. The Balaban J connectivity index is 1.88. The normalized spacial score (nSPS) is 16.6. The van der Waals surface area contributed by atoms with Gasteiger partial charge in [0.1, 0.15) is 18.0 Å². The van der Waals surface area contributed by atoms with Crippen LogP contribution in [0.15, 0.2) is 30.5 Å². The molecule has 0 radical (unpaired) electrons. The van der Waals surface area contributed by atoms with Gasteiger partial charge in [-0.1, -0.05) is 12.1 Å². The zero-order valence-corrected chi connectivity index (χ0v) is 16.3. The minimum atomic E-state index is -4.74. The molecule has 31 heavy (non-hydrogen) atoms. The maximum absolute atomic E-state index is 13.5. The average molecular weight is 438 g/mol. The van der Waals surface area contributed by atoms with Crippen LogP contribution in [-0.2, 0) is 11.0 Å². The van der Waals surface area contributed by atoms with Gasteiger partial charge in [0.25, 0.3) is 5.91 Å². The molecule has 0 saturated carbocycles. The maximum atomic E-state index is 13.5. The first kappa shape index (κ1) is 22.3. The van der Waals surface area contributed by atoms with Crippen molar-refractivity contribution in [3.05, 3.63) is 41.6 Å². The first-order chi connectivity index (χ1) is 14.7. The largest absolute Gasteiger partial charge is 0.421 e. The van der Waals surface area contributed by atoms with E-state index < -0.39 is 36.0 Å². The Labute approximate surface area is 175 Å². The van der Waals surface area contributed by atoms with Crippen LogP contribution in [0.2, 0.25) is 0 Å². The van der Waals surface area contributed by atoms with E-state index in [-0.39, 0.29) is 29.8 Å². The van der Waals surface area contributed by atoms with Crippen LogP contribution in [0.25, 0.3) is 0 Å². The van der Waals surface area contributed by atoms with Crippen molar-refractivity contribution in [2.45, 2.75) is 25.1 Å². The number of nitrogens with one attached hydrogen (secondary N) is 2. The van der Waals surface area contributed by atoms with Crippen LogP contribution in [0.5, 0.6) is 0 Å². The number of hydrogen-bond acceptors (Lipinski definition) is 7. The quantitative estimate of drug-likeness (QED) is 0.540. The molecule has 1 unspecified atom stereocenters. The summed E-state index contributed by atoms with van der Waals surface area (Å²) in [4.78, 5) is 32.5. The predicted molar refractivity (Wildman–Crippen MR) is 106 cm³/mol. The Kier molecular flexibility index (Phi) is 6.59. The molecule has 1 saturated heterocycles. The van der Waals surface area contributed by atoms with Crippen LogP contribution in [0, 0.1) is 0 Å². The molecule has 0 spiro atoms. The zero-order valence-electron chi connectivity index (χ0n) is 16.3. The lowest BCUT2D eigenvalue weighted by Gasteiger charge is -2.32. The molecule has 2 amide bonds. The number of rotatable bonds is 6. The van der Waals surface area contributed by atoms with Gasteiger partial charge in [-0.15, -0.1) is 0 Å². The van der Waals surface area contributed by atoms with Gasteiger partial charge in [0.15, 0.2) is 0 Å². The number of carbonyl (C=O) groups is 2. The summed E-state index contributed by atoms with van der Waals surface area (Å²) in [5, 5.41) is 14.5. The van der Waals surface area contributed by atoms with Crippen LogP contribution in [0.3, 0.4) is 0 Å². The summed E-state index contributed by atoms with van der Waals surface area (Å²) in [5.41, 5.74) is 4.27. The van der Waals surface area contributed by atoms with Gasteiger partial charge in [0, 0.05) is 25.3 Å². The monoisotopic (exact) mass is 438 g/mol. The van der Waals surface area contributed by atoms with E-state index in [0.29, 0.717) is 25.6 Å². The third-order valence-corrected chi connectivity index (χ3v) is 4.78. The second-order valence-corrected chi connectivity index (χ2v) is 6.97. The highest BCUT2D eigenvalue weighted by molar-refractivity contribution is 5.99. The lowest BCUT2D eigenvalue weighted by atomic mass is 10.1. The smallest absolute Gasteiger partial charge is 0.387 e. The molecule has 5 N–H and O–H groups in total. The summed E-state index contributed by atoms with van der Waals surface area (Å²) in [6.07, 6.45) is -2.80. The van der Waals surface area contributed by atoms with E-state index in [9.17, 15) is 22.8 Å². The molecule has 1 aliphatic rings. The second kappa shape index (κ2) is 9.16. The zero-order chi connectivity index (χ0) is 22.6. The van der Waals surface area contributed by atoms with E-state index in [1.807, 2.05) is 0 Å². The number of amides is 2. The molecule has 1 aliphatic heterocycles. The first-order valence-electron chi connectivity index (χ1n) is 9.44. The molecule has 1 atom stereocenters. The number of carbonyl (C=O) groups excluding carboxylic acids is 2. The van der Waals surface area contributed by atoms with Crippen LogP contribution in [0.4, 0.5) is 30.6 Å². The number of piperidine rings is 1. The van der Waals surface area contributed by atoms with Gasteiger partial charge >= 0.3 is 6.18 Å². The van der Waals surface area contributed by atoms with E-state index in [0.717, 1.165) is 0 Å². The predicted octanol–water partition coefficient (Wildman–Crippen LogP) is 1.73.